The van der Waals surface area contributed by atoms with Crippen LogP contribution < -0.4 is 5.32 Å². The molecule has 0 spiro atoms. The summed E-state index contributed by atoms with van der Waals surface area (Å²) in [5.41, 5.74) is 1.03. The van der Waals surface area contributed by atoms with Crippen LogP contribution in [0.4, 0.5) is 8.78 Å². The maximum absolute atomic E-state index is 12.5. The van der Waals surface area contributed by atoms with Gasteiger partial charge in [-0.15, -0.1) is 0 Å². The van der Waals surface area contributed by atoms with Crippen LogP contribution in [0, 0.1) is 0 Å². The van der Waals surface area contributed by atoms with Gasteiger partial charge < -0.3 is 5.32 Å². The number of rotatable bonds is 3. The number of nitrogens with zero attached hydrogens (tertiary/aromatic N) is 1. The van der Waals surface area contributed by atoms with Crippen LogP contribution in [0.2, 0.25) is 0 Å². The Morgan fingerprint density at radius 1 is 1.50 bits per heavy atom. The highest BCUT2D eigenvalue weighted by Gasteiger charge is 2.44. The molecule has 2 nitrogen and oxygen atoms in total. The van der Waals surface area contributed by atoms with Crippen molar-refractivity contribution in [2.75, 3.05) is 0 Å². The van der Waals surface area contributed by atoms with Crippen LogP contribution in [0.25, 0.3) is 0 Å². The molecular weight excluding hydrogens is 186 g/mol. The number of hydrogen-bond acceptors (Lipinski definition) is 2. The van der Waals surface area contributed by atoms with Crippen molar-refractivity contribution in [3.63, 3.8) is 0 Å². The standard InChI is InChI=1S/C10H12F2N2/c11-10(12)4-9(5-10)14-7-8-2-1-3-13-6-8/h1-3,6,9,14H,4-5,7H2. The van der Waals surface area contributed by atoms with E-state index in [1.54, 1.807) is 12.4 Å². The van der Waals surface area contributed by atoms with Crippen LogP contribution in [0.15, 0.2) is 24.5 Å². The van der Waals surface area contributed by atoms with Crippen molar-refractivity contribution < 1.29 is 8.78 Å². The number of halogens is 2. The number of aromatic nitrogens is 1. The molecule has 1 heterocycles. The first-order chi connectivity index (χ1) is 6.66. The van der Waals surface area contributed by atoms with Gasteiger partial charge in [-0.05, 0) is 11.6 Å². The van der Waals surface area contributed by atoms with Gasteiger partial charge in [-0.25, -0.2) is 8.78 Å². The second-order valence-corrected chi connectivity index (χ2v) is 3.70. The summed E-state index contributed by atoms with van der Waals surface area (Å²) in [7, 11) is 0. The summed E-state index contributed by atoms with van der Waals surface area (Å²) >= 11 is 0. The lowest BCUT2D eigenvalue weighted by Crippen LogP contribution is -2.48. The molecule has 1 N–H and O–H groups in total. The number of pyridine rings is 1. The Morgan fingerprint density at radius 3 is 2.86 bits per heavy atom. The predicted octanol–water partition coefficient (Wildman–Crippen LogP) is 1.97. The Kier molecular flexibility index (Phi) is 2.46. The Hall–Kier alpha value is -1.03. The quantitative estimate of drug-likeness (QED) is 0.803. The molecule has 1 aromatic heterocycles. The third kappa shape index (κ3) is 2.26. The highest BCUT2D eigenvalue weighted by molar-refractivity contribution is 5.08. The van der Waals surface area contributed by atoms with E-state index in [0.29, 0.717) is 6.54 Å². The van der Waals surface area contributed by atoms with E-state index in [-0.39, 0.29) is 18.9 Å². The number of alkyl halides is 2. The average Bonchev–Trinajstić information content (AvgIpc) is 2.13. The van der Waals surface area contributed by atoms with Crippen LogP contribution in [-0.2, 0) is 6.54 Å². The van der Waals surface area contributed by atoms with Gasteiger partial charge in [0.05, 0.1) is 0 Å². The van der Waals surface area contributed by atoms with E-state index < -0.39 is 5.92 Å². The van der Waals surface area contributed by atoms with E-state index in [2.05, 4.69) is 10.3 Å². The molecule has 0 aromatic carbocycles. The molecule has 2 rings (SSSR count). The highest BCUT2D eigenvalue weighted by Crippen LogP contribution is 2.37. The molecule has 0 amide bonds. The molecule has 0 atom stereocenters. The zero-order valence-corrected chi connectivity index (χ0v) is 7.71. The van der Waals surface area contributed by atoms with E-state index in [1.165, 1.54) is 0 Å². The van der Waals surface area contributed by atoms with Crippen LogP contribution in [0.5, 0.6) is 0 Å². The maximum atomic E-state index is 12.5. The van der Waals surface area contributed by atoms with Crippen LogP contribution >= 0.6 is 0 Å². The molecule has 1 aromatic rings. The Balaban J connectivity index is 1.75. The second-order valence-electron chi connectivity index (χ2n) is 3.70. The van der Waals surface area contributed by atoms with Gasteiger partial charge in [0.15, 0.2) is 0 Å². The van der Waals surface area contributed by atoms with Crippen LogP contribution in [0.1, 0.15) is 18.4 Å². The van der Waals surface area contributed by atoms with E-state index in [9.17, 15) is 8.78 Å². The molecule has 1 fully saturated rings. The largest absolute Gasteiger partial charge is 0.309 e. The number of hydrogen-bond donors (Lipinski definition) is 1. The van der Waals surface area contributed by atoms with E-state index in [4.69, 9.17) is 0 Å². The molecule has 0 unspecified atom stereocenters. The van der Waals surface area contributed by atoms with Crippen LogP contribution in [-0.4, -0.2) is 16.9 Å². The summed E-state index contributed by atoms with van der Waals surface area (Å²) in [6, 6.07) is 3.73. The lowest BCUT2D eigenvalue weighted by molar-refractivity contribution is -0.0930. The fourth-order valence-corrected chi connectivity index (χ4v) is 1.57. The molecule has 1 saturated carbocycles. The van der Waals surface area contributed by atoms with Gasteiger partial charge in [-0.1, -0.05) is 6.07 Å². The lowest BCUT2D eigenvalue weighted by atomic mass is 9.88. The first-order valence-corrected chi connectivity index (χ1v) is 4.66. The van der Waals surface area contributed by atoms with E-state index >= 15 is 0 Å². The van der Waals surface area contributed by atoms with Crippen molar-refractivity contribution in [2.45, 2.75) is 31.4 Å². The molecule has 0 saturated heterocycles. The maximum Gasteiger partial charge on any atom is 0.251 e. The molecule has 76 valence electrons. The fourth-order valence-electron chi connectivity index (χ4n) is 1.57. The van der Waals surface area contributed by atoms with Gasteiger partial charge in [0.1, 0.15) is 0 Å². The second kappa shape index (κ2) is 3.61. The van der Waals surface area contributed by atoms with Gasteiger partial charge in [0, 0.05) is 37.8 Å². The van der Waals surface area contributed by atoms with Crippen molar-refractivity contribution in [1.29, 1.82) is 0 Å². The predicted molar refractivity (Wildman–Crippen MR) is 49.0 cm³/mol. The third-order valence-corrected chi connectivity index (χ3v) is 2.41. The molecule has 1 aliphatic rings. The van der Waals surface area contributed by atoms with Crippen molar-refractivity contribution >= 4 is 0 Å². The molecule has 1 aliphatic carbocycles. The normalized spacial score (nSPS) is 20.4. The summed E-state index contributed by atoms with van der Waals surface area (Å²) in [6.07, 6.45) is 3.37. The minimum Gasteiger partial charge on any atom is -0.309 e. The fraction of sp³-hybridized carbons (Fsp3) is 0.500. The molecule has 0 radical (unpaired) electrons. The van der Waals surface area contributed by atoms with Crippen molar-refractivity contribution in [1.82, 2.24) is 10.3 Å². The van der Waals surface area contributed by atoms with E-state index in [1.807, 2.05) is 12.1 Å². The van der Waals surface area contributed by atoms with Crippen LogP contribution in [0.3, 0.4) is 0 Å². The summed E-state index contributed by atoms with van der Waals surface area (Å²) in [5.74, 6) is -2.44. The average molecular weight is 198 g/mol. The Labute approximate surface area is 81.4 Å². The Bertz CT molecular complexity index is 292. The first-order valence-electron chi connectivity index (χ1n) is 4.66. The van der Waals surface area contributed by atoms with Gasteiger partial charge >= 0.3 is 0 Å². The van der Waals surface area contributed by atoms with Crippen molar-refractivity contribution in [3.8, 4) is 0 Å². The van der Waals surface area contributed by atoms with Gasteiger partial charge in [0.2, 0.25) is 0 Å². The van der Waals surface area contributed by atoms with Crippen molar-refractivity contribution in [2.24, 2.45) is 0 Å². The minimum absolute atomic E-state index is 0.0345. The number of nitrogens with one attached hydrogen (secondary N) is 1. The van der Waals surface area contributed by atoms with Gasteiger partial charge in [-0.2, -0.15) is 0 Å². The third-order valence-electron chi connectivity index (χ3n) is 2.41. The first kappa shape index (κ1) is 9.52. The molecule has 0 bridgehead atoms. The SMILES string of the molecule is FC1(F)CC(NCc2cccnc2)C1. The monoisotopic (exact) mass is 198 g/mol. The lowest BCUT2D eigenvalue weighted by Gasteiger charge is -2.35. The van der Waals surface area contributed by atoms with Gasteiger partial charge in [-0.3, -0.25) is 4.98 Å². The zero-order valence-electron chi connectivity index (χ0n) is 7.71. The van der Waals surface area contributed by atoms with Crippen molar-refractivity contribution in [3.05, 3.63) is 30.1 Å². The highest BCUT2D eigenvalue weighted by atomic mass is 19.3. The van der Waals surface area contributed by atoms with Gasteiger partial charge in [0.25, 0.3) is 5.92 Å². The summed E-state index contributed by atoms with van der Waals surface area (Å²) in [6.45, 7) is 0.620. The molecule has 0 aliphatic heterocycles. The molecule has 4 heteroatoms. The van der Waals surface area contributed by atoms with E-state index in [0.717, 1.165) is 5.56 Å². The smallest absolute Gasteiger partial charge is 0.251 e. The molecule has 14 heavy (non-hydrogen) atoms. The summed E-state index contributed by atoms with van der Waals surface area (Å²) in [5, 5.41) is 3.07. The summed E-state index contributed by atoms with van der Waals surface area (Å²) < 4.78 is 24.9. The zero-order chi connectivity index (χ0) is 10.0. The molecular formula is C10H12F2N2. The Morgan fingerprint density at radius 2 is 2.29 bits per heavy atom. The minimum atomic E-state index is -2.44. The topological polar surface area (TPSA) is 24.9 Å². The summed E-state index contributed by atoms with van der Waals surface area (Å²) in [4.78, 5) is 3.95.